The maximum Gasteiger partial charge on any atom is 0.281 e. The summed E-state index contributed by atoms with van der Waals surface area (Å²) < 4.78 is 6.24. The van der Waals surface area contributed by atoms with Gasteiger partial charge in [-0.3, -0.25) is 14.9 Å². The summed E-state index contributed by atoms with van der Waals surface area (Å²) in [5.41, 5.74) is -0.561. The van der Waals surface area contributed by atoms with Crippen molar-refractivity contribution in [3.63, 3.8) is 0 Å². The van der Waals surface area contributed by atoms with Gasteiger partial charge in [-0.25, -0.2) is 0 Å². The van der Waals surface area contributed by atoms with Crippen molar-refractivity contribution in [1.82, 2.24) is 20.0 Å². The van der Waals surface area contributed by atoms with Gasteiger partial charge in [0.25, 0.3) is 11.5 Å². The molecular formula is C18H19N5O4S. The average Bonchev–Trinajstić information content (AvgIpc) is 3.13. The molecule has 3 aromatic rings. The fraction of sp³-hybridized carbons (Fsp3) is 0.278. The van der Waals surface area contributed by atoms with E-state index in [-0.39, 0.29) is 5.69 Å². The number of rotatable bonds is 7. The zero-order valence-electron chi connectivity index (χ0n) is 15.4. The number of methoxy groups -OCH3 is 1. The second-order valence-corrected chi connectivity index (χ2v) is 6.92. The lowest BCUT2D eigenvalue weighted by molar-refractivity contribution is 0.101. The van der Waals surface area contributed by atoms with Crippen LogP contribution in [0.1, 0.15) is 35.3 Å². The van der Waals surface area contributed by atoms with Crippen LogP contribution in [-0.4, -0.2) is 38.1 Å². The number of aromatic hydroxyl groups is 1. The van der Waals surface area contributed by atoms with Crippen LogP contribution >= 0.6 is 11.3 Å². The van der Waals surface area contributed by atoms with Crippen LogP contribution in [0.5, 0.6) is 11.5 Å². The summed E-state index contributed by atoms with van der Waals surface area (Å²) in [6, 6.07) is 7.66. The number of hydrogen-bond acceptors (Lipinski definition) is 8. The number of aromatic nitrogens is 4. The molecule has 9 nitrogen and oxygen atoms in total. The van der Waals surface area contributed by atoms with Gasteiger partial charge in [-0.2, -0.15) is 9.78 Å². The van der Waals surface area contributed by atoms with Gasteiger partial charge < -0.3 is 9.84 Å². The predicted molar refractivity (Wildman–Crippen MR) is 105 cm³/mol. The van der Waals surface area contributed by atoms with Gasteiger partial charge in [-0.05, 0) is 18.6 Å². The highest BCUT2D eigenvalue weighted by atomic mass is 32.1. The first-order valence-corrected chi connectivity index (χ1v) is 9.45. The summed E-state index contributed by atoms with van der Waals surface area (Å²) in [6.07, 6.45) is 2.80. The first-order chi connectivity index (χ1) is 13.5. The van der Waals surface area contributed by atoms with E-state index >= 15 is 0 Å². The summed E-state index contributed by atoms with van der Waals surface area (Å²) in [4.78, 5) is 24.8. The quantitative estimate of drug-likeness (QED) is 0.624. The van der Waals surface area contributed by atoms with Crippen LogP contribution < -0.4 is 15.6 Å². The van der Waals surface area contributed by atoms with Crippen molar-refractivity contribution in [2.24, 2.45) is 0 Å². The number of para-hydroxylation sites is 2. The van der Waals surface area contributed by atoms with Crippen molar-refractivity contribution >= 4 is 22.4 Å². The van der Waals surface area contributed by atoms with Crippen LogP contribution in [0, 0.1) is 0 Å². The Balaban J connectivity index is 1.90. The maximum absolute atomic E-state index is 12.6. The van der Waals surface area contributed by atoms with Gasteiger partial charge in [-0.1, -0.05) is 36.8 Å². The lowest BCUT2D eigenvalue weighted by Gasteiger charge is -2.11. The van der Waals surface area contributed by atoms with Gasteiger partial charge in [0.2, 0.25) is 5.13 Å². The van der Waals surface area contributed by atoms with E-state index in [0.717, 1.165) is 35.0 Å². The van der Waals surface area contributed by atoms with E-state index in [1.807, 2.05) is 0 Å². The summed E-state index contributed by atoms with van der Waals surface area (Å²) >= 11 is 1.26. The second kappa shape index (κ2) is 8.61. The number of benzene rings is 1. The molecule has 0 radical (unpaired) electrons. The fourth-order valence-corrected chi connectivity index (χ4v) is 3.25. The van der Waals surface area contributed by atoms with Crippen molar-refractivity contribution in [2.45, 2.75) is 26.2 Å². The Morgan fingerprint density at radius 2 is 2.11 bits per heavy atom. The van der Waals surface area contributed by atoms with Crippen LogP contribution in [0.15, 0.2) is 35.1 Å². The van der Waals surface area contributed by atoms with Gasteiger partial charge >= 0.3 is 0 Å². The standard InChI is InChI=1S/C18H19N5O4S/c1-3-4-9-14-20-21-18(28-14)19-17(26)16-12(24)10-15(25)23(22-16)11-7-5-6-8-13(11)27-2/h5-8,10,24H,3-4,9H2,1-2H3,(H,19,21,26). The largest absolute Gasteiger partial charge is 0.505 e. The maximum atomic E-state index is 12.6. The zero-order valence-corrected chi connectivity index (χ0v) is 16.2. The van der Waals surface area contributed by atoms with Crippen molar-refractivity contribution < 1.29 is 14.6 Å². The topological polar surface area (TPSA) is 119 Å². The first-order valence-electron chi connectivity index (χ1n) is 8.64. The molecule has 1 amide bonds. The Morgan fingerprint density at radius 3 is 2.86 bits per heavy atom. The van der Waals surface area contributed by atoms with Gasteiger partial charge in [0.1, 0.15) is 16.4 Å². The molecule has 0 aliphatic heterocycles. The molecule has 0 unspecified atom stereocenters. The predicted octanol–water partition coefficient (Wildman–Crippen LogP) is 2.39. The Hall–Kier alpha value is -3.27. The molecule has 0 fully saturated rings. The summed E-state index contributed by atoms with van der Waals surface area (Å²) in [6.45, 7) is 2.08. The molecule has 2 N–H and O–H groups in total. The van der Waals surface area contributed by atoms with Crippen LogP contribution in [0.25, 0.3) is 5.69 Å². The minimum absolute atomic E-state index is 0.298. The molecule has 0 bridgehead atoms. The van der Waals surface area contributed by atoms with Crippen LogP contribution in [0.4, 0.5) is 5.13 Å². The number of anilines is 1. The van der Waals surface area contributed by atoms with Gasteiger partial charge in [-0.15, -0.1) is 10.2 Å². The number of ether oxygens (including phenoxy) is 1. The molecule has 0 aliphatic carbocycles. The highest BCUT2D eigenvalue weighted by Gasteiger charge is 2.19. The lowest BCUT2D eigenvalue weighted by Crippen LogP contribution is -2.25. The van der Waals surface area contributed by atoms with E-state index in [0.29, 0.717) is 16.6 Å². The minimum Gasteiger partial charge on any atom is -0.505 e. The number of nitrogens with one attached hydrogen (secondary N) is 1. The molecular weight excluding hydrogens is 382 g/mol. The monoisotopic (exact) mass is 401 g/mol. The minimum atomic E-state index is -0.695. The van der Waals surface area contributed by atoms with Crippen molar-refractivity contribution in [1.29, 1.82) is 0 Å². The Morgan fingerprint density at radius 1 is 1.32 bits per heavy atom. The van der Waals surface area contributed by atoms with E-state index in [1.165, 1.54) is 18.4 Å². The van der Waals surface area contributed by atoms with Crippen LogP contribution in [0.2, 0.25) is 0 Å². The molecule has 28 heavy (non-hydrogen) atoms. The highest BCUT2D eigenvalue weighted by Crippen LogP contribution is 2.22. The molecule has 0 saturated heterocycles. The van der Waals surface area contributed by atoms with Gasteiger partial charge in [0.15, 0.2) is 11.4 Å². The fourth-order valence-electron chi connectivity index (χ4n) is 2.48. The average molecular weight is 401 g/mol. The molecule has 2 heterocycles. The number of carbonyl (C=O) groups excluding carboxylic acids is 1. The number of nitrogens with zero attached hydrogens (tertiary/aromatic N) is 4. The molecule has 0 spiro atoms. The van der Waals surface area contributed by atoms with Gasteiger partial charge in [0, 0.05) is 12.5 Å². The van der Waals surface area contributed by atoms with Gasteiger partial charge in [0.05, 0.1) is 7.11 Å². The third-order valence-electron chi connectivity index (χ3n) is 3.87. The smallest absolute Gasteiger partial charge is 0.281 e. The normalized spacial score (nSPS) is 10.6. The molecule has 10 heteroatoms. The molecule has 2 aromatic heterocycles. The number of carbonyl (C=O) groups is 1. The summed E-state index contributed by atoms with van der Waals surface area (Å²) in [7, 11) is 1.46. The second-order valence-electron chi connectivity index (χ2n) is 5.86. The highest BCUT2D eigenvalue weighted by molar-refractivity contribution is 7.15. The molecule has 0 saturated carbocycles. The van der Waals surface area contributed by atoms with E-state index in [2.05, 4.69) is 27.5 Å². The van der Waals surface area contributed by atoms with E-state index in [4.69, 9.17) is 4.74 Å². The first kappa shape index (κ1) is 19.5. The Kier molecular flexibility index (Phi) is 5.99. The summed E-state index contributed by atoms with van der Waals surface area (Å²) in [5, 5.41) is 25.7. The molecule has 0 atom stereocenters. The lowest BCUT2D eigenvalue weighted by atomic mass is 10.3. The van der Waals surface area contributed by atoms with Crippen LogP contribution in [0.3, 0.4) is 0 Å². The number of hydrogen-bond donors (Lipinski definition) is 2. The molecule has 0 aliphatic rings. The van der Waals surface area contributed by atoms with Crippen molar-refractivity contribution in [2.75, 3.05) is 12.4 Å². The Bertz CT molecular complexity index is 1050. The molecule has 1 aromatic carbocycles. The number of aryl methyl sites for hydroxylation is 1. The number of unbranched alkanes of at least 4 members (excludes halogenated alkanes) is 1. The Labute approximate surface area is 164 Å². The third-order valence-corrected chi connectivity index (χ3v) is 4.77. The number of amides is 1. The van der Waals surface area contributed by atoms with Crippen molar-refractivity contribution in [3.8, 4) is 17.2 Å². The van der Waals surface area contributed by atoms with Crippen LogP contribution in [-0.2, 0) is 6.42 Å². The zero-order chi connectivity index (χ0) is 20.1. The SMILES string of the molecule is CCCCc1nnc(NC(=O)c2nn(-c3ccccc3OC)c(=O)cc2O)s1. The molecule has 146 valence electrons. The van der Waals surface area contributed by atoms with Crippen molar-refractivity contribution in [3.05, 3.63) is 51.4 Å². The summed E-state index contributed by atoms with van der Waals surface area (Å²) in [5.74, 6) is -0.817. The van der Waals surface area contributed by atoms with E-state index < -0.39 is 17.2 Å². The molecule has 3 rings (SSSR count). The van der Waals surface area contributed by atoms with E-state index in [1.54, 1.807) is 24.3 Å². The van der Waals surface area contributed by atoms with E-state index in [9.17, 15) is 14.7 Å². The third kappa shape index (κ3) is 4.17.